The molecule has 8 heteroatoms. The van der Waals surface area contributed by atoms with Crippen LogP contribution in [0, 0.1) is 0 Å². The molecule has 0 spiro atoms. The van der Waals surface area contributed by atoms with Crippen LogP contribution in [0.15, 0.2) is 21.9 Å². The molecule has 1 aromatic heterocycles. The summed E-state index contributed by atoms with van der Waals surface area (Å²) in [4.78, 5) is 24.4. The van der Waals surface area contributed by atoms with E-state index in [-0.39, 0.29) is 6.42 Å². The molecular weight excluding hydrogens is 230 g/mol. The van der Waals surface area contributed by atoms with Crippen molar-refractivity contribution < 1.29 is 14.9 Å². The van der Waals surface area contributed by atoms with Crippen molar-refractivity contribution in [2.45, 2.75) is 24.5 Å². The maximum Gasteiger partial charge on any atom is 0.330 e. The zero-order valence-corrected chi connectivity index (χ0v) is 8.87. The molecule has 0 bridgehead atoms. The van der Waals surface area contributed by atoms with Gasteiger partial charge >= 0.3 is 5.69 Å². The highest BCUT2D eigenvalue weighted by molar-refractivity contribution is 4.92. The summed E-state index contributed by atoms with van der Waals surface area (Å²) in [6.45, 7) is -0.474. The highest BCUT2D eigenvalue weighted by atomic mass is 16.6. The van der Waals surface area contributed by atoms with E-state index in [4.69, 9.17) is 15.6 Å². The summed E-state index contributed by atoms with van der Waals surface area (Å²) in [5.74, 6) is 0. The van der Waals surface area contributed by atoms with Crippen LogP contribution in [0.25, 0.3) is 0 Å². The maximum absolute atomic E-state index is 11.5. The van der Waals surface area contributed by atoms with Crippen LogP contribution < -0.4 is 17.0 Å². The van der Waals surface area contributed by atoms with E-state index >= 15 is 0 Å². The molecule has 0 radical (unpaired) electrons. The van der Waals surface area contributed by atoms with Gasteiger partial charge in [0.15, 0.2) is 6.23 Å². The quantitative estimate of drug-likeness (QED) is 0.453. The second-order valence-electron chi connectivity index (χ2n) is 4.02. The lowest BCUT2D eigenvalue weighted by molar-refractivity contribution is -0.107. The molecule has 0 amide bonds. The Labute approximate surface area is 95.3 Å². The number of hydrogen-bond acceptors (Lipinski definition) is 6. The SMILES string of the molecule is N[C@@]1(CO)C[C@@H](O)[C@H](n2ccc(=O)[nH]c2=O)O1. The van der Waals surface area contributed by atoms with E-state index < -0.39 is 35.9 Å². The Balaban J connectivity index is 2.35. The van der Waals surface area contributed by atoms with Gasteiger partial charge < -0.3 is 20.7 Å². The zero-order chi connectivity index (χ0) is 12.6. The number of aromatic amines is 1. The van der Waals surface area contributed by atoms with Crippen LogP contribution in [0.3, 0.4) is 0 Å². The largest absolute Gasteiger partial charge is 0.392 e. The highest BCUT2D eigenvalue weighted by Gasteiger charge is 2.44. The Kier molecular flexibility index (Phi) is 2.87. The van der Waals surface area contributed by atoms with Gasteiger partial charge in [0.2, 0.25) is 0 Å². The van der Waals surface area contributed by atoms with Crippen LogP contribution >= 0.6 is 0 Å². The first-order valence-electron chi connectivity index (χ1n) is 5.02. The number of nitrogens with one attached hydrogen (secondary N) is 1. The minimum Gasteiger partial charge on any atom is -0.392 e. The lowest BCUT2D eigenvalue weighted by atomic mass is 10.1. The molecule has 5 N–H and O–H groups in total. The molecule has 94 valence electrons. The first-order valence-corrected chi connectivity index (χ1v) is 5.02. The fourth-order valence-electron chi connectivity index (χ4n) is 1.79. The van der Waals surface area contributed by atoms with Gasteiger partial charge in [0.05, 0.1) is 6.61 Å². The third kappa shape index (κ3) is 2.15. The predicted molar refractivity (Wildman–Crippen MR) is 56.1 cm³/mol. The average Bonchev–Trinajstić information content (AvgIpc) is 2.55. The third-order valence-electron chi connectivity index (χ3n) is 2.63. The van der Waals surface area contributed by atoms with Gasteiger partial charge in [-0.15, -0.1) is 0 Å². The minimum absolute atomic E-state index is 0.000265. The molecule has 3 atom stereocenters. The normalized spacial score (nSPS) is 32.9. The van der Waals surface area contributed by atoms with Gasteiger partial charge in [-0.3, -0.25) is 14.3 Å². The Morgan fingerprint density at radius 2 is 2.35 bits per heavy atom. The lowest BCUT2D eigenvalue weighted by Gasteiger charge is -2.21. The molecule has 8 nitrogen and oxygen atoms in total. The molecule has 2 heterocycles. The molecule has 1 fully saturated rings. The topological polar surface area (TPSA) is 131 Å². The molecule has 0 aliphatic carbocycles. The number of aliphatic hydroxyl groups is 2. The second-order valence-corrected chi connectivity index (χ2v) is 4.02. The van der Waals surface area contributed by atoms with E-state index in [1.54, 1.807) is 0 Å². The summed E-state index contributed by atoms with van der Waals surface area (Å²) >= 11 is 0. The number of rotatable bonds is 2. The van der Waals surface area contributed by atoms with Crippen molar-refractivity contribution in [3.05, 3.63) is 33.1 Å². The highest BCUT2D eigenvalue weighted by Crippen LogP contribution is 2.31. The van der Waals surface area contributed by atoms with E-state index in [1.165, 1.54) is 6.20 Å². The maximum atomic E-state index is 11.5. The van der Waals surface area contributed by atoms with Gasteiger partial charge in [-0.05, 0) is 0 Å². The molecule has 1 aliphatic rings. The summed E-state index contributed by atoms with van der Waals surface area (Å²) in [5.41, 5.74) is 3.01. The van der Waals surface area contributed by atoms with E-state index in [9.17, 15) is 14.7 Å². The second kappa shape index (κ2) is 4.08. The Morgan fingerprint density at radius 1 is 1.65 bits per heavy atom. The van der Waals surface area contributed by atoms with Crippen molar-refractivity contribution in [1.29, 1.82) is 0 Å². The number of ether oxygens (including phenoxy) is 1. The number of aromatic nitrogens is 2. The lowest BCUT2D eigenvalue weighted by Crippen LogP contribution is -2.43. The Morgan fingerprint density at radius 3 is 2.88 bits per heavy atom. The van der Waals surface area contributed by atoms with Crippen LogP contribution in [-0.2, 0) is 4.74 Å². The van der Waals surface area contributed by atoms with Crippen molar-refractivity contribution in [2.75, 3.05) is 6.61 Å². The van der Waals surface area contributed by atoms with E-state index in [1.807, 2.05) is 4.98 Å². The third-order valence-corrected chi connectivity index (χ3v) is 2.63. The summed E-state index contributed by atoms with van der Waals surface area (Å²) in [6, 6.07) is 1.13. The van der Waals surface area contributed by atoms with Gasteiger partial charge in [-0.1, -0.05) is 0 Å². The Bertz CT molecular complexity index is 524. The Hall–Kier alpha value is -1.48. The average molecular weight is 243 g/mol. The monoisotopic (exact) mass is 243 g/mol. The molecule has 0 aromatic carbocycles. The van der Waals surface area contributed by atoms with Crippen molar-refractivity contribution >= 4 is 0 Å². The van der Waals surface area contributed by atoms with Crippen molar-refractivity contribution in [1.82, 2.24) is 9.55 Å². The first kappa shape index (κ1) is 12.0. The molecule has 0 unspecified atom stereocenters. The van der Waals surface area contributed by atoms with Gasteiger partial charge in [0.25, 0.3) is 5.56 Å². The molecule has 2 rings (SSSR count). The number of aliphatic hydroxyl groups excluding tert-OH is 2. The van der Waals surface area contributed by atoms with Crippen LogP contribution in [0.5, 0.6) is 0 Å². The van der Waals surface area contributed by atoms with Gasteiger partial charge in [-0.25, -0.2) is 4.79 Å². The molecule has 1 saturated heterocycles. The van der Waals surface area contributed by atoms with Crippen LogP contribution in [0.4, 0.5) is 0 Å². The molecular formula is C9H13N3O5. The summed E-state index contributed by atoms with van der Waals surface area (Å²) < 4.78 is 6.26. The fourth-order valence-corrected chi connectivity index (χ4v) is 1.79. The van der Waals surface area contributed by atoms with Gasteiger partial charge in [-0.2, -0.15) is 0 Å². The van der Waals surface area contributed by atoms with E-state index in [0.717, 1.165) is 10.6 Å². The first-order chi connectivity index (χ1) is 7.95. The van der Waals surface area contributed by atoms with Crippen LogP contribution in [0.2, 0.25) is 0 Å². The van der Waals surface area contributed by atoms with E-state index in [2.05, 4.69) is 0 Å². The van der Waals surface area contributed by atoms with Crippen molar-refractivity contribution in [3.63, 3.8) is 0 Å². The van der Waals surface area contributed by atoms with Crippen molar-refractivity contribution in [2.24, 2.45) is 5.73 Å². The van der Waals surface area contributed by atoms with E-state index in [0.29, 0.717) is 0 Å². The predicted octanol–water partition coefficient (Wildman–Crippen LogP) is -2.54. The number of hydrogen-bond donors (Lipinski definition) is 4. The summed E-state index contributed by atoms with van der Waals surface area (Å²) in [6.07, 6.45) is -0.843. The smallest absolute Gasteiger partial charge is 0.330 e. The van der Waals surface area contributed by atoms with Crippen molar-refractivity contribution in [3.8, 4) is 0 Å². The van der Waals surface area contributed by atoms with Crippen LogP contribution in [0.1, 0.15) is 12.6 Å². The number of H-pyrrole nitrogens is 1. The van der Waals surface area contributed by atoms with Gasteiger partial charge in [0, 0.05) is 18.7 Å². The zero-order valence-electron chi connectivity index (χ0n) is 8.87. The van der Waals surface area contributed by atoms with Gasteiger partial charge in [0.1, 0.15) is 11.8 Å². The molecule has 17 heavy (non-hydrogen) atoms. The summed E-state index contributed by atoms with van der Waals surface area (Å²) in [7, 11) is 0. The molecule has 0 saturated carbocycles. The number of nitrogens with two attached hydrogens (primary N) is 1. The molecule has 1 aliphatic heterocycles. The standard InChI is InChI=1S/C9H13N3O5/c10-9(4-13)3-5(14)7(17-9)12-2-1-6(15)11-8(12)16/h1-2,5,7,13-14H,3-4,10H2,(H,11,15,16)/t5-,7-,9+/m1/s1. The van der Waals surface area contributed by atoms with Crippen LogP contribution in [-0.4, -0.2) is 38.2 Å². The molecule has 1 aromatic rings. The minimum atomic E-state index is -1.38. The summed E-state index contributed by atoms with van der Waals surface area (Å²) in [5, 5.41) is 18.7. The number of nitrogens with zero attached hydrogens (tertiary/aromatic N) is 1. The fraction of sp³-hybridized carbons (Fsp3) is 0.556.